The summed E-state index contributed by atoms with van der Waals surface area (Å²) in [4.78, 5) is 56.6. The van der Waals surface area contributed by atoms with Gasteiger partial charge in [0.05, 0.1) is 29.3 Å². The summed E-state index contributed by atoms with van der Waals surface area (Å²) in [5, 5.41) is 0. The number of esters is 1. The zero-order valence-electron chi connectivity index (χ0n) is 33.3. The number of carbonyl (C=O) groups excluding carboxylic acids is 4. The molecule has 1 aliphatic heterocycles. The van der Waals surface area contributed by atoms with Crippen LogP contribution in [-0.4, -0.2) is 59.5 Å². The number of ether oxygens (including phenoxy) is 2. The van der Waals surface area contributed by atoms with Crippen molar-refractivity contribution in [1.29, 1.82) is 0 Å². The molecule has 3 atom stereocenters. The SMILES string of the molecule is COC(=O)C1C(=O)N(C(=O)OC(C)(C)C)C(C)C1/C(C)=C/C(=C(\C=C(C)C)N(C)C(=O)C(C)(C)c1cc(C(F)(F)F)cc(C(F)(F)F)c1)c1ccc(F)cc1C. The monoisotopic (exact) mass is 796 g/mol. The van der Waals surface area contributed by atoms with Gasteiger partial charge in [-0.05, 0) is 122 Å². The highest BCUT2D eigenvalue weighted by atomic mass is 19.4. The normalized spacial score (nSPS) is 18.7. The minimum Gasteiger partial charge on any atom is -0.468 e. The quantitative estimate of drug-likeness (QED) is 0.114. The number of carbonyl (C=O) groups is 4. The van der Waals surface area contributed by atoms with Gasteiger partial charge in [-0.3, -0.25) is 14.4 Å². The van der Waals surface area contributed by atoms with Crippen molar-refractivity contribution in [2.75, 3.05) is 14.2 Å². The Labute approximate surface area is 322 Å². The Hall–Kier alpha value is -4.95. The standard InChI is InChI=1S/C41H47F7N2O6/c1-21(2)15-31(49(11)36(53)39(9,10)25-18-26(40(43,44)45)20-27(19-25)41(46,47)48)30(29-14-13-28(42)16-22(29)3)17-23(4)32-24(5)50(37(54)56-38(6,7)8)34(51)33(32)35(52)55-12/h13-20,24,32-33H,1-12H3/b23-17+,31-30-. The van der Waals surface area contributed by atoms with Crippen LogP contribution in [0.1, 0.15) is 90.1 Å². The lowest BCUT2D eigenvalue weighted by molar-refractivity contribution is -0.151. The van der Waals surface area contributed by atoms with Crippen molar-refractivity contribution < 1.29 is 59.4 Å². The summed E-state index contributed by atoms with van der Waals surface area (Å²) in [7, 11) is 2.37. The lowest BCUT2D eigenvalue weighted by atomic mass is 9.80. The molecular formula is C41H47F7N2O6. The second kappa shape index (κ2) is 16.3. The van der Waals surface area contributed by atoms with Crippen molar-refractivity contribution in [3.63, 3.8) is 0 Å². The highest BCUT2D eigenvalue weighted by molar-refractivity contribution is 6.06. The summed E-state index contributed by atoms with van der Waals surface area (Å²) in [6.07, 6.45) is -8.23. The Bertz CT molecular complexity index is 1950. The van der Waals surface area contributed by atoms with E-state index in [4.69, 9.17) is 9.47 Å². The van der Waals surface area contributed by atoms with Crippen LogP contribution < -0.4 is 0 Å². The fraction of sp³-hybridized carbons (Fsp3) is 0.463. The van der Waals surface area contributed by atoms with Crippen molar-refractivity contribution in [2.24, 2.45) is 11.8 Å². The Balaban J connectivity index is 2.40. The van der Waals surface area contributed by atoms with Crippen molar-refractivity contribution in [1.82, 2.24) is 9.80 Å². The van der Waals surface area contributed by atoms with Gasteiger partial charge in [0.25, 0.3) is 0 Å². The first kappa shape index (κ1) is 45.4. The molecule has 2 aromatic carbocycles. The molecule has 0 radical (unpaired) electrons. The maximum Gasteiger partial charge on any atom is 0.417 e. The van der Waals surface area contributed by atoms with Crippen LogP contribution in [0.15, 0.2) is 65.4 Å². The van der Waals surface area contributed by atoms with Crippen molar-refractivity contribution >= 4 is 29.5 Å². The van der Waals surface area contributed by atoms with Gasteiger partial charge >= 0.3 is 24.4 Å². The number of aryl methyl sites for hydroxylation is 1. The molecule has 306 valence electrons. The molecule has 0 aliphatic carbocycles. The number of likely N-dealkylation sites (N-methyl/N-ethyl adjacent to an activating group) is 1. The van der Waals surface area contributed by atoms with Gasteiger partial charge in [-0.2, -0.15) is 26.3 Å². The van der Waals surface area contributed by atoms with E-state index in [1.807, 2.05) is 0 Å². The molecule has 15 heteroatoms. The lowest BCUT2D eigenvalue weighted by Crippen LogP contribution is -2.42. The first-order valence-corrected chi connectivity index (χ1v) is 17.5. The first-order chi connectivity index (χ1) is 25.4. The Morgan fingerprint density at radius 1 is 0.839 bits per heavy atom. The van der Waals surface area contributed by atoms with Crippen LogP contribution in [0.3, 0.4) is 0 Å². The second-order valence-electron chi connectivity index (χ2n) is 15.6. The van der Waals surface area contributed by atoms with Crippen LogP contribution in [0.4, 0.5) is 35.5 Å². The smallest absolute Gasteiger partial charge is 0.417 e. The summed E-state index contributed by atoms with van der Waals surface area (Å²) in [6.45, 7) is 15.3. The van der Waals surface area contributed by atoms with Crippen LogP contribution in [0.2, 0.25) is 0 Å². The summed E-state index contributed by atoms with van der Waals surface area (Å²) in [5.74, 6) is -5.85. The number of hydrogen-bond acceptors (Lipinski definition) is 6. The first-order valence-electron chi connectivity index (χ1n) is 17.5. The highest BCUT2D eigenvalue weighted by Crippen LogP contribution is 2.42. The van der Waals surface area contributed by atoms with Crippen LogP contribution >= 0.6 is 0 Å². The Morgan fingerprint density at radius 3 is 1.80 bits per heavy atom. The number of alkyl halides is 6. The van der Waals surface area contributed by atoms with Crippen LogP contribution in [0, 0.1) is 24.6 Å². The molecule has 0 saturated carbocycles. The van der Waals surface area contributed by atoms with E-state index in [1.54, 1.807) is 67.5 Å². The van der Waals surface area contributed by atoms with E-state index in [-0.39, 0.29) is 17.3 Å². The number of methoxy groups -OCH3 is 1. The van der Waals surface area contributed by atoms with E-state index in [0.717, 1.165) is 23.0 Å². The summed E-state index contributed by atoms with van der Waals surface area (Å²) in [5.41, 5.74) is -4.76. The molecule has 0 spiro atoms. The summed E-state index contributed by atoms with van der Waals surface area (Å²) >= 11 is 0. The van der Waals surface area contributed by atoms with E-state index in [1.165, 1.54) is 33.0 Å². The second-order valence-corrected chi connectivity index (χ2v) is 15.6. The number of benzene rings is 2. The van der Waals surface area contributed by atoms with Gasteiger partial charge in [-0.15, -0.1) is 0 Å². The number of allylic oxidation sites excluding steroid dienone is 4. The van der Waals surface area contributed by atoms with E-state index in [2.05, 4.69) is 0 Å². The minimum absolute atomic E-state index is 0.0223. The number of rotatable bonds is 8. The molecule has 3 rings (SSSR count). The van der Waals surface area contributed by atoms with Gasteiger partial charge in [0.15, 0.2) is 0 Å². The molecule has 2 aromatic rings. The molecule has 0 aromatic heterocycles. The van der Waals surface area contributed by atoms with Crippen LogP contribution in [-0.2, 0) is 41.6 Å². The number of likely N-dealkylation sites (tertiary alicyclic amines) is 1. The number of amides is 3. The maximum atomic E-state index is 14.5. The third kappa shape index (κ3) is 9.88. The molecule has 1 saturated heterocycles. The largest absolute Gasteiger partial charge is 0.468 e. The third-order valence-corrected chi connectivity index (χ3v) is 9.42. The van der Waals surface area contributed by atoms with Crippen molar-refractivity contribution in [3.05, 3.63) is 99.0 Å². The van der Waals surface area contributed by atoms with E-state index in [9.17, 15) is 49.9 Å². The van der Waals surface area contributed by atoms with Crippen molar-refractivity contribution in [3.8, 4) is 0 Å². The maximum absolute atomic E-state index is 14.5. The number of hydrogen-bond donors (Lipinski definition) is 0. The molecule has 1 heterocycles. The minimum atomic E-state index is -5.16. The average Bonchev–Trinajstić information content (AvgIpc) is 3.32. The van der Waals surface area contributed by atoms with Gasteiger partial charge < -0.3 is 14.4 Å². The molecule has 0 bridgehead atoms. The Kier molecular flexibility index (Phi) is 13.2. The molecule has 0 N–H and O–H groups in total. The fourth-order valence-corrected chi connectivity index (χ4v) is 6.67. The highest BCUT2D eigenvalue weighted by Gasteiger charge is 2.54. The van der Waals surface area contributed by atoms with Gasteiger partial charge in [-0.25, -0.2) is 14.1 Å². The number of imide groups is 1. The van der Waals surface area contributed by atoms with Crippen LogP contribution in [0.25, 0.3) is 5.57 Å². The van der Waals surface area contributed by atoms with Gasteiger partial charge in [0, 0.05) is 24.6 Å². The zero-order valence-corrected chi connectivity index (χ0v) is 33.3. The molecule has 1 fully saturated rings. The molecule has 56 heavy (non-hydrogen) atoms. The van der Waals surface area contributed by atoms with E-state index in [0.29, 0.717) is 34.4 Å². The van der Waals surface area contributed by atoms with Crippen molar-refractivity contribution in [2.45, 2.75) is 98.6 Å². The summed E-state index contributed by atoms with van der Waals surface area (Å²) in [6, 6.07) is 3.80. The number of nitrogens with zero attached hydrogens (tertiary/aromatic N) is 2. The van der Waals surface area contributed by atoms with Gasteiger partial charge in [-0.1, -0.05) is 23.3 Å². The predicted octanol–water partition coefficient (Wildman–Crippen LogP) is 9.80. The molecular weight excluding hydrogens is 749 g/mol. The van der Waals surface area contributed by atoms with E-state index < -0.39 is 87.6 Å². The average molecular weight is 797 g/mol. The van der Waals surface area contributed by atoms with Crippen LogP contribution in [0.5, 0.6) is 0 Å². The lowest BCUT2D eigenvalue weighted by Gasteiger charge is -2.33. The Morgan fingerprint density at radius 2 is 1.36 bits per heavy atom. The number of halogens is 7. The topological polar surface area (TPSA) is 93.2 Å². The molecule has 3 unspecified atom stereocenters. The van der Waals surface area contributed by atoms with Gasteiger partial charge in [0.1, 0.15) is 17.3 Å². The summed E-state index contributed by atoms with van der Waals surface area (Å²) < 4.78 is 108. The fourth-order valence-electron chi connectivity index (χ4n) is 6.67. The zero-order chi connectivity index (χ0) is 43.0. The molecule has 1 aliphatic rings. The van der Waals surface area contributed by atoms with Gasteiger partial charge in [0.2, 0.25) is 11.8 Å². The van der Waals surface area contributed by atoms with E-state index >= 15 is 0 Å². The molecule has 3 amide bonds. The third-order valence-electron chi connectivity index (χ3n) is 9.42. The predicted molar refractivity (Wildman–Crippen MR) is 195 cm³/mol. The molecule has 8 nitrogen and oxygen atoms in total.